The highest BCUT2D eigenvalue weighted by atomic mass is 32.2. The van der Waals surface area contributed by atoms with Crippen LogP contribution in [0.1, 0.15) is 49.9 Å². The van der Waals surface area contributed by atoms with Crippen molar-refractivity contribution in [2.45, 2.75) is 64.2 Å². The van der Waals surface area contributed by atoms with E-state index in [1.54, 1.807) is 23.5 Å². The van der Waals surface area contributed by atoms with Crippen molar-refractivity contribution in [2.75, 3.05) is 33.7 Å². The Kier molecular flexibility index (Phi) is 34.0. The van der Waals surface area contributed by atoms with E-state index in [1.165, 1.54) is 53.2 Å². The third-order valence-corrected chi connectivity index (χ3v) is 4.92. The molecule has 30 heavy (non-hydrogen) atoms. The minimum atomic E-state index is 1.15. The van der Waals surface area contributed by atoms with Gasteiger partial charge in [-0.25, -0.2) is 0 Å². The predicted molar refractivity (Wildman–Crippen MR) is 146 cm³/mol. The van der Waals surface area contributed by atoms with Crippen LogP contribution < -0.4 is 17.2 Å². The highest BCUT2D eigenvalue weighted by Crippen LogP contribution is 2.23. The van der Waals surface area contributed by atoms with Crippen LogP contribution in [0.4, 0.5) is 0 Å². The summed E-state index contributed by atoms with van der Waals surface area (Å²) in [5.74, 6) is 0. The lowest BCUT2D eigenvalue weighted by Gasteiger charge is -2.02. The maximum absolute atomic E-state index is 4.50. The summed E-state index contributed by atoms with van der Waals surface area (Å²) in [6.45, 7) is 12.7. The molecule has 6 N–H and O–H groups in total. The summed E-state index contributed by atoms with van der Waals surface area (Å²) in [6.07, 6.45) is 6.51. The van der Waals surface area contributed by atoms with Gasteiger partial charge in [0.2, 0.25) is 0 Å². The normalized spacial score (nSPS) is 8.20. The molecule has 0 aliphatic carbocycles. The van der Waals surface area contributed by atoms with E-state index in [0.29, 0.717) is 0 Å². The first-order chi connectivity index (χ1) is 14.5. The van der Waals surface area contributed by atoms with Crippen LogP contribution in [-0.4, -0.2) is 33.7 Å². The van der Waals surface area contributed by atoms with Gasteiger partial charge >= 0.3 is 0 Å². The summed E-state index contributed by atoms with van der Waals surface area (Å²) in [5, 5.41) is 0. The molecule has 0 amide bonds. The Morgan fingerprint density at radius 2 is 0.867 bits per heavy atom. The van der Waals surface area contributed by atoms with Gasteiger partial charge in [-0.05, 0) is 95.2 Å². The van der Waals surface area contributed by atoms with E-state index in [-0.39, 0.29) is 0 Å². The van der Waals surface area contributed by atoms with Crippen LogP contribution in [-0.2, 0) is 12.8 Å². The molecule has 2 aromatic rings. The smallest absolute Gasteiger partial charge is 0.00828 e. The van der Waals surface area contributed by atoms with E-state index in [9.17, 15) is 0 Å². The summed E-state index contributed by atoms with van der Waals surface area (Å²) in [7, 11) is 4.50. The highest BCUT2D eigenvalue weighted by molar-refractivity contribution is 7.99. The second-order valence-corrected chi connectivity index (χ2v) is 7.18. The standard InChI is InChI=1S/C11H16.C9H12S2.C2H6.3CH5N/c1-4-10-6-9(3)7-11(5-2)8-10;1-7-4-8(10-2)6-9(5-7)11-3;4*1-2/h6-8H,4-5H2,1-3H3;4-6H,1-3H3;1-2H3;3*2H2,1H3. The second-order valence-electron chi connectivity index (χ2n) is 5.42. The Morgan fingerprint density at radius 3 is 1.13 bits per heavy atom. The van der Waals surface area contributed by atoms with Gasteiger partial charge < -0.3 is 17.2 Å². The number of thioether (sulfide) groups is 2. The molecular formula is C25H49N3S2. The summed E-state index contributed by atoms with van der Waals surface area (Å²) in [5.41, 5.74) is 19.2. The van der Waals surface area contributed by atoms with E-state index in [2.05, 4.69) is 93.8 Å². The lowest BCUT2D eigenvalue weighted by atomic mass is 10.0. The van der Waals surface area contributed by atoms with Crippen molar-refractivity contribution in [3.05, 3.63) is 58.7 Å². The van der Waals surface area contributed by atoms with E-state index in [4.69, 9.17) is 0 Å². The van der Waals surface area contributed by atoms with Gasteiger partial charge in [-0.1, -0.05) is 51.5 Å². The Morgan fingerprint density at radius 1 is 0.567 bits per heavy atom. The Hall–Kier alpha value is -0.980. The fourth-order valence-corrected chi connectivity index (χ4v) is 3.48. The largest absolute Gasteiger partial charge is 0.333 e. The molecule has 0 bridgehead atoms. The zero-order chi connectivity index (χ0) is 24.5. The quantitative estimate of drug-likeness (QED) is 0.471. The highest BCUT2D eigenvalue weighted by Gasteiger charge is 1.95. The Bertz CT molecular complexity index is 505. The molecule has 0 aliphatic rings. The minimum absolute atomic E-state index is 1.15. The maximum Gasteiger partial charge on any atom is 0.00828 e. The molecule has 0 atom stereocenters. The van der Waals surface area contributed by atoms with Gasteiger partial charge in [-0.2, -0.15) is 0 Å². The molecule has 5 heteroatoms. The first-order valence-electron chi connectivity index (χ1n) is 10.5. The van der Waals surface area contributed by atoms with Crippen LogP contribution in [0.25, 0.3) is 0 Å². The first kappa shape index (κ1) is 36.4. The molecular weight excluding hydrogens is 406 g/mol. The minimum Gasteiger partial charge on any atom is -0.333 e. The predicted octanol–water partition coefficient (Wildman–Crippen LogP) is 6.31. The van der Waals surface area contributed by atoms with Crippen molar-refractivity contribution in [1.82, 2.24) is 0 Å². The fourth-order valence-electron chi connectivity index (χ4n) is 2.31. The third-order valence-electron chi connectivity index (χ3n) is 3.51. The third kappa shape index (κ3) is 19.0. The molecule has 2 rings (SSSR count). The van der Waals surface area contributed by atoms with Crippen LogP contribution in [0, 0.1) is 13.8 Å². The van der Waals surface area contributed by atoms with Gasteiger partial charge in [0.1, 0.15) is 0 Å². The van der Waals surface area contributed by atoms with Crippen molar-refractivity contribution in [3.63, 3.8) is 0 Å². The number of benzene rings is 2. The average Bonchev–Trinajstić information content (AvgIpc) is 2.83. The number of aryl methyl sites for hydroxylation is 4. The van der Waals surface area contributed by atoms with Gasteiger partial charge in [-0.3, -0.25) is 0 Å². The van der Waals surface area contributed by atoms with Crippen LogP contribution >= 0.6 is 23.5 Å². The molecule has 3 nitrogen and oxygen atoms in total. The molecule has 0 unspecified atom stereocenters. The molecule has 0 radical (unpaired) electrons. The van der Waals surface area contributed by atoms with Gasteiger partial charge in [0.25, 0.3) is 0 Å². The van der Waals surface area contributed by atoms with Crippen molar-refractivity contribution in [3.8, 4) is 0 Å². The lowest BCUT2D eigenvalue weighted by Crippen LogP contribution is -1.87. The maximum atomic E-state index is 4.50. The molecule has 0 saturated heterocycles. The molecule has 0 fully saturated rings. The lowest BCUT2D eigenvalue weighted by molar-refractivity contribution is 1.08. The molecule has 0 aromatic heterocycles. The SMILES string of the molecule is CC.CCc1cc(C)cc(CC)c1.CN.CN.CN.CSc1cc(C)cc(SC)c1. The second kappa shape index (κ2) is 28.0. The summed E-state index contributed by atoms with van der Waals surface area (Å²) in [4.78, 5) is 2.71. The van der Waals surface area contributed by atoms with Gasteiger partial charge in [0.15, 0.2) is 0 Å². The van der Waals surface area contributed by atoms with Crippen LogP contribution in [0.5, 0.6) is 0 Å². The van der Waals surface area contributed by atoms with Crippen LogP contribution in [0.2, 0.25) is 0 Å². The van der Waals surface area contributed by atoms with Crippen molar-refractivity contribution in [1.29, 1.82) is 0 Å². The van der Waals surface area contributed by atoms with E-state index >= 15 is 0 Å². The Balaban J connectivity index is -0.000000169. The number of hydrogen-bond donors (Lipinski definition) is 3. The van der Waals surface area contributed by atoms with Gasteiger partial charge in [0, 0.05) is 9.79 Å². The molecule has 0 aliphatic heterocycles. The van der Waals surface area contributed by atoms with E-state index in [1.807, 2.05) is 13.8 Å². The number of hydrogen-bond acceptors (Lipinski definition) is 5. The molecule has 0 saturated carbocycles. The van der Waals surface area contributed by atoms with Crippen LogP contribution in [0.3, 0.4) is 0 Å². The van der Waals surface area contributed by atoms with Gasteiger partial charge in [0.05, 0.1) is 0 Å². The summed E-state index contributed by atoms with van der Waals surface area (Å²) in [6, 6.07) is 13.5. The Labute approximate surface area is 197 Å². The number of rotatable bonds is 4. The first-order valence-corrected chi connectivity index (χ1v) is 13.0. The summed E-state index contributed by atoms with van der Waals surface area (Å²) < 4.78 is 0. The monoisotopic (exact) mass is 455 g/mol. The number of nitrogens with two attached hydrogens (primary N) is 3. The molecule has 0 heterocycles. The van der Waals surface area contributed by atoms with Gasteiger partial charge in [-0.15, -0.1) is 23.5 Å². The summed E-state index contributed by atoms with van der Waals surface area (Å²) >= 11 is 3.60. The average molecular weight is 456 g/mol. The topological polar surface area (TPSA) is 78.1 Å². The van der Waals surface area contributed by atoms with Crippen molar-refractivity contribution >= 4 is 23.5 Å². The van der Waals surface area contributed by atoms with E-state index in [0.717, 1.165) is 12.8 Å². The zero-order valence-corrected chi connectivity index (χ0v) is 23.1. The van der Waals surface area contributed by atoms with Crippen molar-refractivity contribution < 1.29 is 0 Å². The van der Waals surface area contributed by atoms with Crippen LogP contribution in [0.15, 0.2) is 46.2 Å². The fraction of sp³-hybridized carbons (Fsp3) is 0.520. The molecule has 176 valence electrons. The zero-order valence-electron chi connectivity index (χ0n) is 21.4. The van der Waals surface area contributed by atoms with E-state index < -0.39 is 0 Å². The molecule has 2 aromatic carbocycles. The van der Waals surface area contributed by atoms with Crippen molar-refractivity contribution in [2.24, 2.45) is 17.2 Å². The molecule has 0 spiro atoms.